The molecule has 0 bridgehead atoms. The number of benzene rings is 6. The van der Waals surface area contributed by atoms with Gasteiger partial charge in [0.1, 0.15) is 17.5 Å². The van der Waals surface area contributed by atoms with Crippen LogP contribution in [0.25, 0.3) is 43.6 Å². The van der Waals surface area contributed by atoms with Crippen LogP contribution in [0.2, 0.25) is 0 Å². The maximum Gasteiger partial charge on any atom is 0.295 e. The summed E-state index contributed by atoms with van der Waals surface area (Å²) in [6.45, 7) is 2.22. The van der Waals surface area contributed by atoms with Crippen molar-refractivity contribution in [3.63, 3.8) is 0 Å². The van der Waals surface area contributed by atoms with Gasteiger partial charge in [-0.3, -0.25) is 31.1 Å². The van der Waals surface area contributed by atoms with Crippen LogP contribution in [0, 0.1) is 20.2 Å². The molecule has 6 aromatic carbocycles. The summed E-state index contributed by atoms with van der Waals surface area (Å²) >= 11 is 0. The molecular formula is C50H50N8O8S2. The van der Waals surface area contributed by atoms with Gasteiger partial charge in [0, 0.05) is 46.2 Å². The van der Waals surface area contributed by atoms with Crippen molar-refractivity contribution in [1.29, 1.82) is 0 Å². The van der Waals surface area contributed by atoms with Crippen molar-refractivity contribution in [2.45, 2.75) is 74.2 Å². The van der Waals surface area contributed by atoms with E-state index in [4.69, 9.17) is 0 Å². The lowest BCUT2D eigenvalue weighted by molar-refractivity contribution is -0.384. The number of nitrogens with zero attached hydrogens (tertiary/aromatic N) is 6. The minimum absolute atomic E-state index is 0.0527. The highest BCUT2D eigenvalue weighted by Gasteiger charge is 2.25. The molecule has 18 heteroatoms. The number of nitro benzene ring substituents is 2. The number of hydrazone groups is 2. The first-order valence-electron chi connectivity index (χ1n) is 22.2. The molecule has 8 rings (SSSR count). The molecule has 0 saturated heterocycles. The molecule has 2 N–H and O–H groups in total. The van der Waals surface area contributed by atoms with E-state index in [-0.39, 0.29) is 27.3 Å². The van der Waals surface area contributed by atoms with Gasteiger partial charge in [-0.25, -0.2) is 16.8 Å². The molecule has 0 saturated carbocycles. The van der Waals surface area contributed by atoms with Crippen molar-refractivity contribution in [3.8, 4) is 0 Å². The van der Waals surface area contributed by atoms with Crippen LogP contribution in [0.4, 0.5) is 22.7 Å². The molecular weight excluding hydrogens is 905 g/mol. The van der Waals surface area contributed by atoms with E-state index in [2.05, 4.69) is 73.5 Å². The minimum Gasteiger partial charge on any atom is -0.319 e. The number of hydrogen-bond acceptors (Lipinski definition) is 12. The van der Waals surface area contributed by atoms with E-state index >= 15 is 0 Å². The Bertz CT molecular complexity index is 3300. The Kier molecular flexibility index (Phi) is 13.7. The second-order valence-electron chi connectivity index (χ2n) is 16.9. The molecule has 16 nitrogen and oxygen atoms in total. The molecule has 0 radical (unpaired) electrons. The maximum atomic E-state index is 12.1. The van der Waals surface area contributed by atoms with E-state index in [0.717, 1.165) is 105 Å². The van der Waals surface area contributed by atoms with Crippen LogP contribution in [0.3, 0.4) is 0 Å². The van der Waals surface area contributed by atoms with Gasteiger partial charge in [0.15, 0.2) is 19.7 Å². The zero-order valence-electron chi connectivity index (χ0n) is 37.7. The van der Waals surface area contributed by atoms with Gasteiger partial charge >= 0.3 is 0 Å². The van der Waals surface area contributed by atoms with Crippen molar-refractivity contribution in [3.05, 3.63) is 153 Å². The highest BCUT2D eigenvalue weighted by Crippen LogP contribution is 2.40. The van der Waals surface area contributed by atoms with Gasteiger partial charge in [0.25, 0.3) is 11.4 Å². The lowest BCUT2D eigenvalue weighted by Crippen LogP contribution is -2.18. The number of sulfone groups is 2. The fourth-order valence-electron chi connectivity index (χ4n) is 8.83. The summed E-state index contributed by atoms with van der Waals surface area (Å²) in [6.07, 6.45) is 13.9. The molecule has 0 aliphatic rings. The van der Waals surface area contributed by atoms with Crippen molar-refractivity contribution in [2.75, 3.05) is 23.4 Å². The number of hydrogen-bond donors (Lipinski definition) is 2. The summed E-state index contributed by atoms with van der Waals surface area (Å²) in [7, 11) is -7.32. The molecule has 0 aliphatic carbocycles. The Morgan fingerprint density at radius 1 is 0.544 bits per heavy atom. The van der Waals surface area contributed by atoms with Crippen molar-refractivity contribution in [1.82, 2.24) is 9.13 Å². The highest BCUT2D eigenvalue weighted by atomic mass is 32.2. The largest absolute Gasteiger partial charge is 0.319 e. The van der Waals surface area contributed by atoms with Gasteiger partial charge in [-0.2, -0.15) is 10.2 Å². The number of anilines is 2. The molecule has 8 aromatic rings. The SMILES string of the molecule is CCCCCCCCCC(n1c2ccccc2c2cc(/C=N/Nc3ccc(S(C)(=O)=O)cc3[N+](=O)[O-])ccc21)n1c2ccccc2c2cc(/C=N/Nc3ccc(S(C)(=O)=O)cc3[N+](=O)[O-])ccc21. The Labute approximate surface area is 393 Å². The van der Waals surface area contributed by atoms with Crippen LogP contribution in [-0.4, -0.2) is 60.8 Å². The smallest absolute Gasteiger partial charge is 0.295 e. The van der Waals surface area contributed by atoms with Gasteiger partial charge in [0.2, 0.25) is 0 Å². The number of nitrogens with one attached hydrogen (secondary N) is 2. The number of para-hydroxylation sites is 2. The minimum atomic E-state index is -3.66. The van der Waals surface area contributed by atoms with Crippen molar-refractivity contribution in [2.24, 2.45) is 10.2 Å². The summed E-state index contributed by atoms with van der Waals surface area (Å²) in [6, 6.07) is 36.0. The van der Waals surface area contributed by atoms with Crippen molar-refractivity contribution >= 4 is 98.5 Å². The van der Waals surface area contributed by atoms with E-state index in [1.54, 1.807) is 12.4 Å². The third kappa shape index (κ3) is 9.96. The van der Waals surface area contributed by atoms with Crippen LogP contribution in [0.1, 0.15) is 75.6 Å². The first-order valence-corrected chi connectivity index (χ1v) is 26.0. The molecule has 0 spiro atoms. The van der Waals surface area contributed by atoms with Crippen LogP contribution in [0.15, 0.2) is 141 Å². The van der Waals surface area contributed by atoms with E-state index in [1.165, 1.54) is 49.9 Å². The Morgan fingerprint density at radius 2 is 0.956 bits per heavy atom. The quantitative estimate of drug-likeness (QED) is 0.0319. The number of nitro groups is 2. The summed E-state index contributed by atoms with van der Waals surface area (Å²) in [5.41, 5.74) is 10.3. The van der Waals surface area contributed by atoms with Crippen LogP contribution < -0.4 is 10.9 Å². The molecule has 350 valence electrons. The predicted octanol–water partition coefficient (Wildman–Crippen LogP) is 11.6. The van der Waals surface area contributed by atoms with Crippen LogP contribution in [-0.2, 0) is 19.7 Å². The van der Waals surface area contributed by atoms with Gasteiger partial charge in [-0.1, -0.05) is 94.0 Å². The molecule has 0 amide bonds. The van der Waals surface area contributed by atoms with Gasteiger partial charge in [0.05, 0.1) is 54.1 Å². The van der Waals surface area contributed by atoms with E-state index in [9.17, 15) is 37.1 Å². The zero-order chi connectivity index (χ0) is 48.2. The normalized spacial score (nSPS) is 12.4. The average Bonchev–Trinajstić information content (AvgIpc) is 3.81. The van der Waals surface area contributed by atoms with E-state index < -0.39 is 40.9 Å². The standard InChI is InChI=1S/C50H50N8O8S2/c1-4-5-6-7-8-9-10-19-50(55-44-17-13-11-15-38(44)40-28-34(20-26-46(40)55)32-51-53-42-24-22-36(67(2,63)64)30-48(42)57(59)60)56-45-18-14-12-16-39(45)41-29-35(21-27-47(41)56)33-52-54-43-25-23-37(68(3,65)66)31-49(43)58(61)62/h11-18,20-33,50,53-54H,4-10,19H2,1-3H3/b51-32+,52-33+. The summed E-state index contributed by atoms with van der Waals surface area (Å²) in [4.78, 5) is 22.1. The molecule has 68 heavy (non-hydrogen) atoms. The molecule has 0 aliphatic heterocycles. The monoisotopic (exact) mass is 954 g/mol. The fraction of sp³-hybridized carbons (Fsp3) is 0.240. The maximum absolute atomic E-state index is 12.1. The molecule has 2 aromatic heterocycles. The molecule has 0 unspecified atom stereocenters. The first-order chi connectivity index (χ1) is 32.6. The average molecular weight is 955 g/mol. The van der Waals surface area contributed by atoms with Crippen molar-refractivity contribution < 1.29 is 26.7 Å². The molecule has 0 atom stereocenters. The summed E-state index contributed by atoms with van der Waals surface area (Å²) in [5.74, 6) is 0. The van der Waals surface area contributed by atoms with E-state index in [1.807, 2.05) is 48.5 Å². The number of aromatic nitrogens is 2. The fourth-order valence-corrected chi connectivity index (χ4v) is 10.1. The number of fused-ring (bicyclic) bond motifs is 6. The second kappa shape index (κ2) is 19.8. The lowest BCUT2D eigenvalue weighted by atomic mass is 10.1. The summed E-state index contributed by atoms with van der Waals surface area (Å²) < 4.78 is 53.1. The van der Waals surface area contributed by atoms with Crippen LogP contribution >= 0.6 is 0 Å². The second-order valence-corrected chi connectivity index (χ2v) is 20.9. The third-order valence-electron chi connectivity index (χ3n) is 12.1. The van der Waals surface area contributed by atoms with Crippen LogP contribution in [0.5, 0.6) is 0 Å². The topological polar surface area (TPSA) is 213 Å². The lowest BCUT2D eigenvalue weighted by Gasteiger charge is -2.26. The number of rotatable bonds is 20. The van der Waals surface area contributed by atoms with Gasteiger partial charge in [-0.15, -0.1) is 0 Å². The highest BCUT2D eigenvalue weighted by molar-refractivity contribution is 7.91. The Morgan fingerprint density at radius 3 is 1.38 bits per heavy atom. The summed E-state index contributed by atoms with van der Waals surface area (Å²) in [5, 5.41) is 36.4. The molecule has 2 heterocycles. The van der Waals surface area contributed by atoms with Gasteiger partial charge in [-0.05, 0) is 84.6 Å². The number of unbranched alkanes of at least 4 members (excludes halogenated alkanes) is 6. The Balaban J connectivity index is 1.18. The first kappa shape index (κ1) is 47.1. The zero-order valence-corrected chi connectivity index (χ0v) is 39.3. The predicted molar refractivity (Wildman–Crippen MR) is 271 cm³/mol. The third-order valence-corrected chi connectivity index (χ3v) is 14.3. The van der Waals surface area contributed by atoms with E-state index in [0.29, 0.717) is 0 Å². The van der Waals surface area contributed by atoms with Gasteiger partial charge < -0.3 is 9.13 Å². The Hall–Kier alpha value is -7.44. The molecule has 0 fully saturated rings.